The molecule has 6 nitrogen and oxygen atoms in total. The Labute approximate surface area is 145 Å². The first kappa shape index (κ1) is 17.9. The molecule has 24 heavy (non-hydrogen) atoms. The Morgan fingerprint density at radius 3 is 2.79 bits per heavy atom. The minimum atomic E-state index is -0.370. The zero-order valence-corrected chi connectivity index (χ0v) is 14.8. The predicted molar refractivity (Wildman–Crippen MR) is 94.2 cm³/mol. The largest absolute Gasteiger partial charge is 0.492 e. The number of thiazole rings is 1. The molecule has 1 aromatic heterocycles. The summed E-state index contributed by atoms with van der Waals surface area (Å²) in [5.41, 5.74) is 0.563. The van der Waals surface area contributed by atoms with Gasteiger partial charge in [-0.15, -0.1) is 11.3 Å². The van der Waals surface area contributed by atoms with E-state index < -0.39 is 0 Å². The van der Waals surface area contributed by atoms with Crippen LogP contribution >= 0.6 is 11.3 Å². The second-order valence-electron chi connectivity index (χ2n) is 5.21. The second kappa shape index (κ2) is 8.44. The average molecular weight is 347 g/mol. The first-order chi connectivity index (χ1) is 11.5. The van der Waals surface area contributed by atoms with Gasteiger partial charge in [-0.2, -0.15) is 0 Å². The van der Waals surface area contributed by atoms with E-state index in [9.17, 15) is 9.59 Å². The van der Waals surface area contributed by atoms with Crippen LogP contribution in [0.5, 0.6) is 5.75 Å². The summed E-state index contributed by atoms with van der Waals surface area (Å²) >= 11 is 1.48. The second-order valence-corrected chi connectivity index (χ2v) is 6.13. The number of benzene rings is 1. The monoisotopic (exact) mass is 347 g/mol. The van der Waals surface area contributed by atoms with Crippen LogP contribution in [0.4, 0.5) is 5.69 Å². The first-order valence-corrected chi connectivity index (χ1v) is 8.57. The highest BCUT2D eigenvalue weighted by molar-refractivity contribution is 7.09. The van der Waals surface area contributed by atoms with E-state index in [-0.39, 0.29) is 24.3 Å². The minimum absolute atomic E-state index is 0.166. The number of amides is 2. The fraction of sp³-hybridized carbons (Fsp3) is 0.353. The number of hydrogen-bond acceptors (Lipinski definition) is 5. The molecule has 0 spiro atoms. The van der Waals surface area contributed by atoms with Gasteiger partial charge >= 0.3 is 0 Å². The third kappa shape index (κ3) is 4.55. The number of rotatable bonds is 7. The summed E-state index contributed by atoms with van der Waals surface area (Å²) in [5, 5.41) is 5.43. The molecule has 0 saturated carbocycles. The Morgan fingerprint density at radius 1 is 1.38 bits per heavy atom. The molecule has 0 aliphatic heterocycles. The molecule has 1 atom stereocenters. The van der Waals surface area contributed by atoms with Crippen LogP contribution < -0.4 is 10.1 Å². The van der Waals surface area contributed by atoms with Crippen LogP contribution in [0, 0.1) is 0 Å². The number of anilines is 1. The Hall–Kier alpha value is -2.41. The fourth-order valence-corrected chi connectivity index (χ4v) is 2.87. The Kier molecular flexibility index (Phi) is 6.31. The molecule has 2 amide bonds. The number of ether oxygens (including phenoxy) is 1. The summed E-state index contributed by atoms with van der Waals surface area (Å²) in [5.74, 6) is -0.0419. The van der Waals surface area contributed by atoms with Gasteiger partial charge in [-0.05, 0) is 26.0 Å². The lowest BCUT2D eigenvalue weighted by atomic mass is 10.2. The topological polar surface area (TPSA) is 71.5 Å². The van der Waals surface area contributed by atoms with Gasteiger partial charge in [0.15, 0.2) is 0 Å². The number of nitrogens with one attached hydrogen (secondary N) is 1. The summed E-state index contributed by atoms with van der Waals surface area (Å²) in [4.78, 5) is 30.2. The molecule has 0 aliphatic carbocycles. The summed E-state index contributed by atoms with van der Waals surface area (Å²) in [6.45, 7) is 4.26. The summed E-state index contributed by atoms with van der Waals surface area (Å²) in [7, 11) is 1.68. The van der Waals surface area contributed by atoms with E-state index in [0.717, 1.165) is 5.01 Å². The smallest absolute Gasteiger partial charge is 0.233 e. The molecule has 0 saturated heterocycles. The third-order valence-corrected chi connectivity index (χ3v) is 4.50. The van der Waals surface area contributed by atoms with Crippen molar-refractivity contribution < 1.29 is 14.3 Å². The number of nitrogens with zero attached hydrogens (tertiary/aromatic N) is 2. The van der Waals surface area contributed by atoms with Gasteiger partial charge in [-0.25, -0.2) is 4.98 Å². The molecule has 1 unspecified atom stereocenters. The van der Waals surface area contributed by atoms with Crippen LogP contribution in [0.2, 0.25) is 0 Å². The van der Waals surface area contributed by atoms with Crippen LogP contribution in [-0.2, 0) is 9.59 Å². The van der Waals surface area contributed by atoms with Crippen molar-refractivity contribution in [2.75, 3.05) is 19.0 Å². The van der Waals surface area contributed by atoms with Gasteiger partial charge in [0.25, 0.3) is 0 Å². The molecule has 1 N–H and O–H groups in total. The zero-order chi connectivity index (χ0) is 17.5. The van der Waals surface area contributed by atoms with Crippen molar-refractivity contribution >= 4 is 28.8 Å². The minimum Gasteiger partial charge on any atom is -0.492 e. The predicted octanol–water partition coefficient (Wildman–Crippen LogP) is 3.09. The van der Waals surface area contributed by atoms with Crippen molar-refractivity contribution in [1.29, 1.82) is 0 Å². The van der Waals surface area contributed by atoms with E-state index in [2.05, 4.69) is 10.3 Å². The van der Waals surface area contributed by atoms with E-state index in [1.54, 1.807) is 31.4 Å². The highest BCUT2D eigenvalue weighted by Gasteiger charge is 2.21. The number of carbonyl (C=O) groups excluding carboxylic acids is 2. The van der Waals surface area contributed by atoms with Crippen molar-refractivity contribution in [1.82, 2.24) is 9.88 Å². The van der Waals surface area contributed by atoms with Crippen LogP contribution in [0.25, 0.3) is 0 Å². The van der Waals surface area contributed by atoms with E-state index in [1.165, 1.54) is 16.2 Å². The maximum Gasteiger partial charge on any atom is 0.233 e. The highest BCUT2D eigenvalue weighted by Crippen LogP contribution is 2.24. The molecule has 1 heterocycles. The Balaban J connectivity index is 1.95. The van der Waals surface area contributed by atoms with Crippen molar-refractivity contribution in [3.05, 3.63) is 40.8 Å². The van der Waals surface area contributed by atoms with Crippen LogP contribution in [0.3, 0.4) is 0 Å². The van der Waals surface area contributed by atoms with Gasteiger partial charge in [-0.3, -0.25) is 9.59 Å². The van der Waals surface area contributed by atoms with Crippen molar-refractivity contribution in [2.24, 2.45) is 0 Å². The third-order valence-electron chi connectivity index (χ3n) is 3.56. The van der Waals surface area contributed by atoms with Gasteiger partial charge in [-0.1, -0.05) is 12.1 Å². The van der Waals surface area contributed by atoms with Crippen molar-refractivity contribution in [2.45, 2.75) is 26.3 Å². The number of para-hydroxylation sites is 2. The van der Waals surface area contributed by atoms with Crippen LogP contribution in [-0.4, -0.2) is 35.4 Å². The Morgan fingerprint density at radius 2 is 2.12 bits per heavy atom. The van der Waals surface area contributed by atoms with E-state index in [4.69, 9.17) is 4.74 Å². The molecule has 2 rings (SSSR count). The lowest BCUT2D eigenvalue weighted by molar-refractivity contribution is -0.135. The van der Waals surface area contributed by atoms with Gasteiger partial charge in [0, 0.05) is 18.6 Å². The van der Waals surface area contributed by atoms with Gasteiger partial charge in [0.2, 0.25) is 11.8 Å². The molecular weight excluding hydrogens is 326 g/mol. The molecule has 0 bridgehead atoms. The van der Waals surface area contributed by atoms with E-state index in [1.807, 2.05) is 25.3 Å². The molecule has 1 aromatic carbocycles. The van der Waals surface area contributed by atoms with E-state index >= 15 is 0 Å². The fourth-order valence-electron chi connectivity index (χ4n) is 2.13. The number of aromatic nitrogens is 1. The molecule has 0 aliphatic rings. The molecule has 2 aromatic rings. The highest BCUT2D eigenvalue weighted by atomic mass is 32.1. The normalized spacial score (nSPS) is 11.6. The Bertz CT molecular complexity index is 688. The number of carbonyl (C=O) groups is 2. The van der Waals surface area contributed by atoms with E-state index in [0.29, 0.717) is 18.0 Å². The molecule has 0 fully saturated rings. The average Bonchev–Trinajstić information content (AvgIpc) is 3.10. The summed E-state index contributed by atoms with van der Waals surface area (Å²) in [6.07, 6.45) is 1.47. The first-order valence-electron chi connectivity index (χ1n) is 7.69. The molecule has 128 valence electrons. The van der Waals surface area contributed by atoms with Crippen molar-refractivity contribution in [3.8, 4) is 5.75 Å². The lowest BCUT2D eigenvalue weighted by Gasteiger charge is -2.23. The maximum atomic E-state index is 12.3. The van der Waals surface area contributed by atoms with Crippen molar-refractivity contribution in [3.63, 3.8) is 0 Å². The molecular formula is C17H21N3O3S. The van der Waals surface area contributed by atoms with Gasteiger partial charge in [0.05, 0.1) is 18.3 Å². The lowest BCUT2D eigenvalue weighted by Crippen LogP contribution is -2.32. The van der Waals surface area contributed by atoms with Gasteiger partial charge < -0.3 is 15.0 Å². The zero-order valence-electron chi connectivity index (χ0n) is 14.0. The molecule has 0 radical (unpaired) electrons. The molecule has 7 heteroatoms. The quantitative estimate of drug-likeness (QED) is 0.781. The van der Waals surface area contributed by atoms with Crippen LogP contribution in [0.15, 0.2) is 35.8 Å². The summed E-state index contributed by atoms with van der Waals surface area (Å²) < 4.78 is 5.46. The number of hydrogen-bond donors (Lipinski definition) is 1. The summed E-state index contributed by atoms with van der Waals surface area (Å²) in [6, 6.07) is 6.99. The SMILES string of the molecule is CCOc1ccccc1NC(=O)CC(=O)N(C)C(C)c1nccs1. The van der Waals surface area contributed by atoms with Gasteiger partial charge in [0.1, 0.15) is 17.2 Å². The standard InChI is InChI=1S/C17H21N3O3S/c1-4-23-14-8-6-5-7-13(14)19-15(21)11-16(22)20(3)12(2)17-18-9-10-24-17/h5-10,12H,4,11H2,1-3H3,(H,19,21). The maximum absolute atomic E-state index is 12.3. The van der Waals surface area contributed by atoms with Crippen LogP contribution in [0.1, 0.15) is 31.3 Å².